The summed E-state index contributed by atoms with van der Waals surface area (Å²) >= 11 is 5.85. The van der Waals surface area contributed by atoms with Gasteiger partial charge in [0.2, 0.25) is 0 Å². The zero-order valence-corrected chi connectivity index (χ0v) is 10.4. The van der Waals surface area contributed by atoms with E-state index in [0.717, 1.165) is 19.5 Å². The predicted octanol–water partition coefficient (Wildman–Crippen LogP) is 3.25. The summed E-state index contributed by atoms with van der Waals surface area (Å²) < 4.78 is 18.4. The van der Waals surface area contributed by atoms with Crippen LogP contribution in [-0.4, -0.2) is 19.2 Å². The fraction of sp³-hybridized carbons (Fsp3) is 0.500. The molecule has 90 valence electrons. The van der Waals surface area contributed by atoms with Crippen LogP contribution in [-0.2, 0) is 0 Å². The molecule has 1 aromatic carbocycles. The molecular weight excluding hydrogens is 229 g/mol. The van der Waals surface area contributed by atoms with E-state index in [-0.39, 0.29) is 11.9 Å². The predicted molar refractivity (Wildman–Crippen MR) is 64.7 cm³/mol. The number of rotatable bonds is 6. The summed E-state index contributed by atoms with van der Waals surface area (Å²) in [4.78, 5) is 0. The second kappa shape index (κ2) is 6.71. The van der Waals surface area contributed by atoms with Gasteiger partial charge in [-0.15, -0.1) is 0 Å². The lowest BCUT2D eigenvalue weighted by molar-refractivity contribution is 0.210. The number of benzene rings is 1. The average Bonchev–Trinajstić information content (AvgIpc) is 2.23. The van der Waals surface area contributed by atoms with Gasteiger partial charge < -0.3 is 10.1 Å². The van der Waals surface area contributed by atoms with E-state index in [1.54, 1.807) is 6.07 Å². The Morgan fingerprint density at radius 3 is 2.88 bits per heavy atom. The van der Waals surface area contributed by atoms with Gasteiger partial charge in [0.25, 0.3) is 0 Å². The standard InChI is InChI=1S/C12H17ClFNO/c1-3-15-7-6-9(2)16-12-5-4-10(14)8-11(12)13/h4-5,8-9,15H,3,6-7H2,1-2H3. The Morgan fingerprint density at radius 1 is 1.50 bits per heavy atom. The van der Waals surface area contributed by atoms with Crippen molar-refractivity contribution >= 4 is 11.6 Å². The van der Waals surface area contributed by atoms with Crippen molar-refractivity contribution in [3.8, 4) is 5.75 Å². The van der Waals surface area contributed by atoms with E-state index in [9.17, 15) is 4.39 Å². The summed E-state index contributed by atoms with van der Waals surface area (Å²) in [7, 11) is 0. The molecule has 1 unspecified atom stereocenters. The average molecular weight is 246 g/mol. The molecule has 0 spiro atoms. The van der Waals surface area contributed by atoms with Crippen molar-refractivity contribution in [1.82, 2.24) is 5.32 Å². The normalized spacial score (nSPS) is 12.5. The van der Waals surface area contributed by atoms with E-state index in [2.05, 4.69) is 12.2 Å². The van der Waals surface area contributed by atoms with Crippen LogP contribution in [0.5, 0.6) is 5.75 Å². The molecule has 0 saturated carbocycles. The summed E-state index contributed by atoms with van der Waals surface area (Å²) in [6.07, 6.45) is 0.948. The van der Waals surface area contributed by atoms with Crippen molar-refractivity contribution in [3.05, 3.63) is 29.0 Å². The molecule has 1 aromatic rings. The smallest absolute Gasteiger partial charge is 0.138 e. The van der Waals surface area contributed by atoms with Gasteiger partial charge >= 0.3 is 0 Å². The van der Waals surface area contributed by atoms with Gasteiger partial charge in [-0.05, 0) is 44.6 Å². The molecule has 0 radical (unpaired) electrons. The van der Waals surface area contributed by atoms with Gasteiger partial charge in [0, 0.05) is 0 Å². The third-order valence-corrected chi connectivity index (χ3v) is 2.50. The van der Waals surface area contributed by atoms with E-state index in [1.807, 2.05) is 6.92 Å². The molecule has 0 amide bonds. The van der Waals surface area contributed by atoms with Gasteiger partial charge in [-0.25, -0.2) is 4.39 Å². The Bertz CT molecular complexity index is 333. The Morgan fingerprint density at radius 2 is 2.25 bits per heavy atom. The highest BCUT2D eigenvalue weighted by atomic mass is 35.5. The lowest BCUT2D eigenvalue weighted by atomic mass is 10.2. The summed E-state index contributed by atoms with van der Waals surface area (Å²) in [6, 6.07) is 4.16. The first-order chi connectivity index (χ1) is 7.63. The van der Waals surface area contributed by atoms with Crippen LogP contribution in [0.25, 0.3) is 0 Å². The summed E-state index contributed by atoms with van der Waals surface area (Å²) in [5, 5.41) is 3.53. The number of ether oxygens (including phenoxy) is 1. The first-order valence-electron chi connectivity index (χ1n) is 5.46. The molecular formula is C12H17ClFNO. The zero-order chi connectivity index (χ0) is 12.0. The minimum absolute atomic E-state index is 0.0574. The largest absolute Gasteiger partial charge is 0.489 e. The molecule has 0 aliphatic rings. The third kappa shape index (κ3) is 4.37. The van der Waals surface area contributed by atoms with E-state index < -0.39 is 0 Å². The minimum Gasteiger partial charge on any atom is -0.489 e. The lowest BCUT2D eigenvalue weighted by Gasteiger charge is -2.15. The molecule has 0 aliphatic carbocycles. The van der Waals surface area contributed by atoms with Crippen molar-refractivity contribution in [1.29, 1.82) is 0 Å². The van der Waals surface area contributed by atoms with Crippen LogP contribution in [0.2, 0.25) is 5.02 Å². The summed E-state index contributed by atoms with van der Waals surface area (Å²) in [6.45, 7) is 5.87. The van der Waals surface area contributed by atoms with Crippen molar-refractivity contribution < 1.29 is 9.13 Å². The number of hydrogen-bond donors (Lipinski definition) is 1. The molecule has 1 N–H and O–H groups in total. The summed E-state index contributed by atoms with van der Waals surface area (Å²) in [5.41, 5.74) is 0. The highest BCUT2D eigenvalue weighted by Crippen LogP contribution is 2.26. The first kappa shape index (κ1) is 13.3. The van der Waals surface area contributed by atoms with Crippen molar-refractivity contribution in [2.75, 3.05) is 13.1 Å². The molecule has 0 bridgehead atoms. The molecule has 0 heterocycles. The van der Waals surface area contributed by atoms with Gasteiger partial charge in [-0.2, -0.15) is 0 Å². The van der Waals surface area contributed by atoms with Crippen LogP contribution in [0.4, 0.5) is 4.39 Å². The van der Waals surface area contributed by atoms with Gasteiger partial charge in [0.15, 0.2) is 0 Å². The van der Waals surface area contributed by atoms with Crippen LogP contribution >= 0.6 is 11.6 Å². The maximum Gasteiger partial charge on any atom is 0.138 e. The number of nitrogens with one attached hydrogen (secondary N) is 1. The van der Waals surface area contributed by atoms with Gasteiger partial charge in [0.1, 0.15) is 11.6 Å². The van der Waals surface area contributed by atoms with Gasteiger partial charge in [-0.1, -0.05) is 18.5 Å². The molecule has 1 atom stereocenters. The van der Waals surface area contributed by atoms with E-state index in [4.69, 9.17) is 16.3 Å². The highest BCUT2D eigenvalue weighted by molar-refractivity contribution is 6.32. The third-order valence-electron chi connectivity index (χ3n) is 2.20. The number of hydrogen-bond acceptors (Lipinski definition) is 2. The maximum atomic E-state index is 12.8. The molecule has 16 heavy (non-hydrogen) atoms. The van der Waals surface area contributed by atoms with Gasteiger partial charge in [0.05, 0.1) is 11.1 Å². The van der Waals surface area contributed by atoms with Crippen LogP contribution < -0.4 is 10.1 Å². The Labute approximate surface area is 101 Å². The monoisotopic (exact) mass is 245 g/mol. The summed E-state index contributed by atoms with van der Waals surface area (Å²) in [5.74, 6) is 0.185. The quantitative estimate of drug-likeness (QED) is 0.777. The Hall–Kier alpha value is -0.800. The van der Waals surface area contributed by atoms with Crippen LogP contribution in [0.3, 0.4) is 0 Å². The SMILES string of the molecule is CCNCCC(C)Oc1ccc(F)cc1Cl. The zero-order valence-electron chi connectivity index (χ0n) is 9.59. The molecule has 2 nitrogen and oxygen atoms in total. The van der Waals surface area contributed by atoms with Crippen molar-refractivity contribution in [2.24, 2.45) is 0 Å². The lowest BCUT2D eigenvalue weighted by Crippen LogP contribution is -2.22. The van der Waals surface area contributed by atoms with E-state index in [0.29, 0.717) is 10.8 Å². The molecule has 0 fully saturated rings. The topological polar surface area (TPSA) is 21.3 Å². The second-order valence-electron chi connectivity index (χ2n) is 3.65. The molecule has 1 rings (SSSR count). The van der Waals surface area contributed by atoms with Crippen molar-refractivity contribution in [2.45, 2.75) is 26.4 Å². The Balaban J connectivity index is 2.46. The molecule has 4 heteroatoms. The van der Waals surface area contributed by atoms with Crippen LogP contribution in [0.1, 0.15) is 20.3 Å². The van der Waals surface area contributed by atoms with E-state index in [1.165, 1.54) is 12.1 Å². The van der Waals surface area contributed by atoms with Gasteiger partial charge in [-0.3, -0.25) is 0 Å². The van der Waals surface area contributed by atoms with Crippen molar-refractivity contribution in [3.63, 3.8) is 0 Å². The Kier molecular flexibility index (Phi) is 5.56. The highest BCUT2D eigenvalue weighted by Gasteiger charge is 2.07. The molecule has 0 saturated heterocycles. The maximum absolute atomic E-state index is 12.8. The fourth-order valence-corrected chi connectivity index (χ4v) is 1.54. The first-order valence-corrected chi connectivity index (χ1v) is 5.83. The number of halogens is 2. The van der Waals surface area contributed by atoms with Crippen LogP contribution in [0.15, 0.2) is 18.2 Å². The molecule has 0 aromatic heterocycles. The minimum atomic E-state index is -0.349. The second-order valence-corrected chi connectivity index (χ2v) is 4.05. The fourth-order valence-electron chi connectivity index (χ4n) is 1.33. The molecule has 0 aliphatic heterocycles. The van der Waals surface area contributed by atoms with Crippen LogP contribution in [0, 0.1) is 5.82 Å². The van der Waals surface area contributed by atoms with E-state index >= 15 is 0 Å².